The molecule has 0 radical (unpaired) electrons. The summed E-state index contributed by atoms with van der Waals surface area (Å²) in [5.74, 6) is -2.00. The summed E-state index contributed by atoms with van der Waals surface area (Å²) in [6.45, 7) is 6.19. The maximum absolute atomic E-state index is 12.7. The quantitative estimate of drug-likeness (QED) is 0.436. The Morgan fingerprint density at radius 3 is 2.12 bits per heavy atom. The lowest BCUT2D eigenvalue weighted by molar-refractivity contribution is -0.215. The molecule has 0 fully saturated rings. The molecule has 0 aliphatic carbocycles. The lowest BCUT2D eigenvalue weighted by Gasteiger charge is -2.21. The number of ether oxygens (including phenoxy) is 1. The molecular formula is C15H27F3O5S. The Bertz CT molecular complexity index is 474. The van der Waals surface area contributed by atoms with Gasteiger partial charge in [0.1, 0.15) is 5.75 Å². The van der Waals surface area contributed by atoms with Crippen molar-refractivity contribution in [1.82, 2.24) is 0 Å². The van der Waals surface area contributed by atoms with Gasteiger partial charge in [-0.1, -0.05) is 40.0 Å². The van der Waals surface area contributed by atoms with Crippen LogP contribution >= 0.6 is 0 Å². The summed E-state index contributed by atoms with van der Waals surface area (Å²) >= 11 is 0. The topological polar surface area (TPSA) is 80.7 Å². The fraction of sp³-hybridized carbons (Fsp3) is 0.933. The van der Waals surface area contributed by atoms with Gasteiger partial charge in [0.2, 0.25) is 6.10 Å². The van der Waals surface area contributed by atoms with Crippen molar-refractivity contribution < 1.29 is 35.7 Å². The van der Waals surface area contributed by atoms with Gasteiger partial charge in [-0.05, 0) is 24.7 Å². The number of unbranched alkanes of at least 4 members (excludes halogenated alkanes) is 1. The van der Waals surface area contributed by atoms with E-state index in [1.165, 1.54) is 0 Å². The van der Waals surface area contributed by atoms with Crippen LogP contribution < -0.4 is 0 Å². The van der Waals surface area contributed by atoms with E-state index in [4.69, 9.17) is 4.55 Å². The molecule has 0 bridgehead atoms. The van der Waals surface area contributed by atoms with Gasteiger partial charge in [-0.3, -0.25) is 9.35 Å². The zero-order chi connectivity index (χ0) is 19.0. The average molecular weight is 376 g/mol. The molecule has 0 aromatic heterocycles. The zero-order valence-electron chi connectivity index (χ0n) is 14.3. The number of alkyl halides is 3. The van der Waals surface area contributed by atoms with Crippen LogP contribution in [0.2, 0.25) is 0 Å². The van der Waals surface area contributed by atoms with Crippen LogP contribution in [0.4, 0.5) is 13.2 Å². The molecule has 0 spiro atoms. The second-order valence-corrected chi connectivity index (χ2v) is 7.80. The van der Waals surface area contributed by atoms with Crippen molar-refractivity contribution in [2.45, 2.75) is 71.6 Å². The fourth-order valence-corrected chi connectivity index (χ4v) is 3.03. The Balaban J connectivity index is 4.48. The molecule has 0 saturated carbocycles. The van der Waals surface area contributed by atoms with E-state index in [-0.39, 0.29) is 6.42 Å². The second kappa shape index (κ2) is 10.2. The first kappa shape index (κ1) is 23.2. The highest BCUT2D eigenvalue weighted by atomic mass is 32.2. The first-order valence-corrected chi connectivity index (χ1v) is 9.69. The molecule has 0 saturated heterocycles. The number of esters is 1. The summed E-state index contributed by atoms with van der Waals surface area (Å²) in [6.07, 6.45) is -3.94. The van der Waals surface area contributed by atoms with Gasteiger partial charge in [-0.2, -0.15) is 21.6 Å². The lowest BCUT2D eigenvalue weighted by atomic mass is 9.86. The number of rotatable bonds is 11. The van der Waals surface area contributed by atoms with E-state index in [1.807, 2.05) is 0 Å². The van der Waals surface area contributed by atoms with Crippen molar-refractivity contribution in [2.24, 2.45) is 11.8 Å². The van der Waals surface area contributed by atoms with Gasteiger partial charge in [0, 0.05) is 6.42 Å². The Morgan fingerprint density at radius 1 is 1.17 bits per heavy atom. The van der Waals surface area contributed by atoms with Gasteiger partial charge in [0.15, 0.2) is 0 Å². The van der Waals surface area contributed by atoms with E-state index in [0.717, 1.165) is 19.3 Å². The van der Waals surface area contributed by atoms with Gasteiger partial charge in [-0.15, -0.1) is 0 Å². The monoisotopic (exact) mass is 376 g/mol. The third-order valence-electron chi connectivity index (χ3n) is 3.83. The average Bonchev–Trinajstić information content (AvgIpc) is 2.38. The maximum Gasteiger partial charge on any atom is 0.426 e. The highest BCUT2D eigenvalue weighted by molar-refractivity contribution is 7.85. The summed E-state index contributed by atoms with van der Waals surface area (Å²) in [4.78, 5) is 11.6. The van der Waals surface area contributed by atoms with Crippen LogP contribution in [0.3, 0.4) is 0 Å². The summed E-state index contributed by atoms with van der Waals surface area (Å²) in [5, 5.41) is 0. The molecule has 1 N–H and O–H groups in total. The molecule has 5 nitrogen and oxygen atoms in total. The first-order chi connectivity index (χ1) is 10.9. The van der Waals surface area contributed by atoms with Gasteiger partial charge in [0.05, 0.1) is 0 Å². The molecule has 144 valence electrons. The van der Waals surface area contributed by atoms with E-state index in [1.54, 1.807) is 0 Å². The summed E-state index contributed by atoms with van der Waals surface area (Å²) in [7, 11) is -4.90. The van der Waals surface area contributed by atoms with Crippen molar-refractivity contribution in [2.75, 3.05) is 5.75 Å². The largest absolute Gasteiger partial charge is 0.451 e. The number of hydrogen-bond donors (Lipinski definition) is 1. The van der Waals surface area contributed by atoms with Crippen molar-refractivity contribution in [3.63, 3.8) is 0 Å². The number of hydrogen-bond acceptors (Lipinski definition) is 4. The third kappa shape index (κ3) is 10.9. The Kier molecular flexibility index (Phi) is 9.87. The molecule has 0 aliphatic heterocycles. The van der Waals surface area contributed by atoms with Gasteiger partial charge >= 0.3 is 12.1 Å². The second-order valence-electron chi connectivity index (χ2n) is 6.31. The molecule has 0 rings (SSSR count). The van der Waals surface area contributed by atoms with Gasteiger partial charge < -0.3 is 4.74 Å². The molecule has 0 aromatic rings. The molecule has 0 heterocycles. The smallest absolute Gasteiger partial charge is 0.426 e. The predicted octanol–water partition coefficient (Wildman–Crippen LogP) is 3.98. The number of halogens is 3. The standard InChI is InChI=1S/C15H27F3O5S/c1-4-5-7-12(11(2)3)8-6-9-14(19)23-13(15(16,17)18)10-24(20,21)22/h11-13H,4-10H2,1-3H3,(H,20,21,22). The van der Waals surface area contributed by atoms with E-state index in [0.29, 0.717) is 24.7 Å². The minimum atomic E-state index is -5.05. The minimum Gasteiger partial charge on any atom is -0.451 e. The van der Waals surface area contributed by atoms with Crippen LogP contribution in [-0.2, 0) is 19.6 Å². The minimum absolute atomic E-state index is 0.215. The van der Waals surface area contributed by atoms with Crippen LogP contribution in [0.25, 0.3) is 0 Å². The molecule has 2 atom stereocenters. The maximum atomic E-state index is 12.7. The predicted molar refractivity (Wildman–Crippen MR) is 84.1 cm³/mol. The molecule has 9 heteroatoms. The molecule has 2 unspecified atom stereocenters. The summed E-state index contributed by atoms with van der Waals surface area (Å²) < 4.78 is 71.9. The molecule has 0 aromatic carbocycles. The van der Waals surface area contributed by atoms with Crippen molar-refractivity contribution in [3.05, 3.63) is 0 Å². The van der Waals surface area contributed by atoms with E-state index in [2.05, 4.69) is 25.5 Å². The van der Waals surface area contributed by atoms with E-state index in [9.17, 15) is 26.4 Å². The fourth-order valence-electron chi connectivity index (χ4n) is 2.39. The van der Waals surface area contributed by atoms with Crippen LogP contribution in [0.5, 0.6) is 0 Å². The van der Waals surface area contributed by atoms with Crippen molar-refractivity contribution in [1.29, 1.82) is 0 Å². The first-order valence-electron chi connectivity index (χ1n) is 8.08. The lowest BCUT2D eigenvalue weighted by Crippen LogP contribution is -2.39. The van der Waals surface area contributed by atoms with Crippen molar-refractivity contribution in [3.8, 4) is 0 Å². The molecule has 24 heavy (non-hydrogen) atoms. The Morgan fingerprint density at radius 2 is 1.71 bits per heavy atom. The van der Waals surface area contributed by atoms with E-state index >= 15 is 0 Å². The SMILES string of the molecule is CCCCC(CCCC(=O)OC(CS(=O)(=O)O)C(F)(F)F)C(C)C. The normalized spacial score (nSPS) is 15.3. The molecular weight excluding hydrogens is 349 g/mol. The highest BCUT2D eigenvalue weighted by Crippen LogP contribution is 2.26. The molecule has 0 amide bonds. The van der Waals surface area contributed by atoms with Crippen LogP contribution in [0.1, 0.15) is 59.3 Å². The van der Waals surface area contributed by atoms with Gasteiger partial charge in [0.25, 0.3) is 10.1 Å². The summed E-state index contributed by atoms with van der Waals surface area (Å²) in [6, 6.07) is 0. The Hall–Kier alpha value is -0.830. The molecule has 0 aliphatic rings. The number of carbonyl (C=O) groups excluding carboxylic acids is 1. The summed E-state index contributed by atoms with van der Waals surface area (Å²) in [5.41, 5.74) is 0. The zero-order valence-corrected chi connectivity index (χ0v) is 15.1. The van der Waals surface area contributed by atoms with Crippen molar-refractivity contribution >= 4 is 16.1 Å². The van der Waals surface area contributed by atoms with E-state index < -0.39 is 34.1 Å². The third-order valence-corrected chi connectivity index (χ3v) is 4.55. The van der Waals surface area contributed by atoms with Crippen LogP contribution in [-0.4, -0.2) is 37.0 Å². The van der Waals surface area contributed by atoms with Crippen LogP contribution in [0.15, 0.2) is 0 Å². The van der Waals surface area contributed by atoms with Crippen LogP contribution in [0, 0.1) is 11.8 Å². The highest BCUT2D eigenvalue weighted by Gasteiger charge is 2.45. The Labute approximate surface area is 141 Å². The number of carbonyl (C=O) groups is 1. The van der Waals surface area contributed by atoms with Gasteiger partial charge in [-0.25, -0.2) is 0 Å².